The van der Waals surface area contributed by atoms with E-state index in [0.717, 1.165) is 30.7 Å². The summed E-state index contributed by atoms with van der Waals surface area (Å²) in [4.78, 5) is 11.7. The van der Waals surface area contributed by atoms with Crippen LogP contribution >= 0.6 is 0 Å². The van der Waals surface area contributed by atoms with E-state index in [1.807, 2.05) is 19.1 Å². The van der Waals surface area contributed by atoms with Crippen molar-refractivity contribution >= 4 is 5.91 Å². The van der Waals surface area contributed by atoms with Crippen molar-refractivity contribution in [3.63, 3.8) is 0 Å². The van der Waals surface area contributed by atoms with E-state index in [-0.39, 0.29) is 11.9 Å². The number of hydrogen-bond donors (Lipinski definition) is 2. The number of carbonyl (C=O) groups is 1. The van der Waals surface area contributed by atoms with Gasteiger partial charge in [-0.2, -0.15) is 0 Å². The molecule has 1 atom stereocenters. The second-order valence-corrected chi connectivity index (χ2v) is 5.06. The van der Waals surface area contributed by atoms with E-state index in [4.69, 9.17) is 4.74 Å². The van der Waals surface area contributed by atoms with Gasteiger partial charge in [-0.3, -0.25) is 4.79 Å². The predicted molar refractivity (Wildman–Crippen MR) is 75.4 cm³/mol. The average molecular weight is 262 g/mol. The fourth-order valence-electron chi connectivity index (χ4n) is 2.33. The summed E-state index contributed by atoms with van der Waals surface area (Å²) in [5, 5.41) is 6.08. The van der Waals surface area contributed by atoms with Gasteiger partial charge in [-0.1, -0.05) is 17.7 Å². The van der Waals surface area contributed by atoms with Crippen molar-refractivity contribution in [2.45, 2.75) is 32.7 Å². The lowest BCUT2D eigenvalue weighted by Crippen LogP contribution is -2.41. The fourth-order valence-corrected chi connectivity index (χ4v) is 2.33. The zero-order valence-electron chi connectivity index (χ0n) is 11.7. The third-order valence-electron chi connectivity index (χ3n) is 3.37. The van der Waals surface area contributed by atoms with Gasteiger partial charge in [0.2, 0.25) is 5.91 Å². The second-order valence-electron chi connectivity index (χ2n) is 5.06. The van der Waals surface area contributed by atoms with Crippen LogP contribution in [0.5, 0.6) is 5.75 Å². The number of ether oxygens (including phenoxy) is 1. The highest BCUT2D eigenvalue weighted by atomic mass is 16.5. The SMILES string of the molecule is Cc1ccc(OCCNC(=O)[C@@H]2CCCN2)c(C)c1. The first-order chi connectivity index (χ1) is 9.16. The minimum absolute atomic E-state index is 0.0129. The van der Waals surface area contributed by atoms with E-state index in [1.54, 1.807) is 0 Å². The monoisotopic (exact) mass is 262 g/mol. The Bertz CT molecular complexity index is 440. The van der Waals surface area contributed by atoms with E-state index in [9.17, 15) is 4.79 Å². The second kappa shape index (κ2) is 6.57. The Labute approximate surface area is 114 Å². The molecule has 0 spiro atoms. The lowest BCUT2D eigenvalue weighted by atomic mass is 10.1. The summed E-state index contributed by atoms with van der Waals surface area (Å²) in [5.41, 5.74) is 2.36. The van der Waals surface area contributed by atoms with Gasteiger partial charge in [0.1, 0.15) is 12.4 Å². The molecule has 1 aliphatic heterocycles. The molecular weight excluding hydrogens is 240 g/mol. The minimum atomic E-state index is -0.0129. The highest BCUT2D eigenvalue weighted by molar-refractivity contribution is 5.81. The van der Waals surface area contributed by atoms with Gasteiger partial charge in [0.15, 0.2) is 0 Å². The molecule has 2 N–H and O–H groups in total. The molecule has 19 heavy (non-hydrogen) atoms. The number of nitrogens with one attached hydrogen (secondary N) is 2. The summed E-state index contributed by atoms with van der Waals surface area (Å²) in [6, 6.07) is 6.09. The standard InChI is InChI=1S/C15H22N2O2/c1-11-5-6-14(12(2)10-11)19-9-8-17-15(18)13-4-3-7-16-13/h5-6,10,13,16H,3-4,7-9H2,1-2H3,(H,17,18)/t13-/m0/s1. The van der Waals surface area contributed by atoms with Crippen LogP contribution in [0, 0.1) is 13.8 Å². The summed E-state index contributed by atoms with van der Waals surface area (Å²) < 4.78 is 5.67. The van der Waals surface area contributed by atoms with E-state index in [0.29, 0.717) is 13.2 Å². The third kappa shape index (κ3) is 3.96. The first-order valence-corrected chi connectivity index (χ1v) is 6.88. The van der Waals surface area contributed by atoms with Gasteiger partial charge in [-0.15, -0.1) is 0 Å². The first-order valence-electron chi connectivity index (χ1n) is 6.88. The lowest BCUT2D eigenvalue weighted by molar-refractivity contribution is -0.122. The van der Waals surface area contributed by atoms with Crippen LogP contribution < -0.4 is 15.4 Å². The molecule has 0 bridgehead atoms. The quantitative estimate of drug-likeness (QED) is 0.792. The van der Waals surface area contributed by atoms with Crippen molar-refractivity contribution in [1.29, 1.82) is 0 Å². The summed E-state index contributed by atoms with van der Waals surface area (Å²) in [6.45, 7) is 6.08. The highest BCUT2D eigenvalue weighted by Gasteiger charge is 2.21. The largest absolute Gasteiger partial charge is 0.491 e. The Kier molecular flexibility index (Phi) is 4.80. The van der Waals surface area contributed by atoms with E-state index in [2.05, 4.69) is 23.6 Å². The van der Waals surface area contributed by atoms with E-state index in [1.165, 1.54) is 5.56 Å². The molecule has 1 fully saturated rings. The van der Waals surface area contributed by atoms with Crippen LogP contribution in [0.15, 0.2) is 18.2 Å². The number of carbonyl (C=O) groups excluding carboxylic acids is 1. The molecule has 0 aliphatic carbocycles. The molecule has 0 saturated carbocycles. The maximum Gasteiger partial charge on any atom is 0.237 e. The molecule has 1 saturated heterocycles. The molecule has 4 heteroatoms. The van der Waals surface area contributed by atoms with E-state index < -0.39 is 0 Å². The Morgan fingerprint density at radius 3 is 3.00 bits per heavy atom. The molecule has 1 heterocycles. The molecule has 1 aliphatic rings. The van der Waals surface area contributed by atoms with Crippen molar-refractivity contribution in [2.24, 2.45) is 0 Å². The lowest BCUT2D eigenvalue weighted by Gasteiger charge is -2.13. The van der Waals surface area contributed by atoms with Crippen LogP contribution in [0.4, 0.5) is 0 Å². The Morgan fingerprint density at radius 2 is 2.32 bits per heavy atom. The normalized spacial score (nSPS) is 18.3. The van der Waals surface area contributed by atoms with Crippen LogP contribution in [0.1, 0.15) is 24.0 Å². The maximum absolute atomic E-state index is 11.7. The van der Waals surface area contributed by atoms with Crippen LogP contribution in [0.3, 0.4) is 0 Å². The van der Waals surface area contributed by atoms with Crippen molar-refractivity contribution in [3.8, 4) is 5.75 Å². The van der Waals surface area contributed by atoms with Gasteiger partial charge < -0.3 is 15.4 Å². The molecule has 4 nitrogen and oxygen atoms in total. The zero-order chi connectivity index (χ0) is 13.7. The van der Waals surface area contributed by atoms with Crippen molar-refractivity contribution in [3.05, 3.63) is 29.3 Å². The summed E-state index contributed by atoms with van der Waals surface area (Å²) >= 11 is 0. The minimum Gasteiger partial charge on any atom is -0.491 e. The van der Waals surface area contributed by atoms with Gasteiger partial charge >= 0.3 is 0 Å². The molecule has 1 aromatic rings. The molecule has 0 radical (unpaired) electrons. The molecule has 104 valence electrons. The number of hydrogen-bond acceptors (Lipinski definition) is 3. The van der Waals surface area contributed by atoms with Crippen molar-refractivity contribution in [2.75, 3.05) is 19.7 Å². The fraction of sp³-hybridized carbons (Fsp3) is 0.533. The first kappa shape index (κ1) is 13.9. The van der Waals surface area contributed by atoms with E-state index >= 15 is 0 Å². The van der Waals surface area contributed by atoms with Gasteiger partial charge in [0, 0.05) is 0 Å². The van der Waals surface area contributed by atoms with Gasteiger partial charge in [0.05, 0.1) is 12.6 Å². The molecule has 0 aromatic heterocycles. The van der Waals surface area contributed by atoms with Crippen LogP contribution in [-0.4, -0.2) is 31.6 Å². The van der Waals surface area contributed by atoms with Gasteiger partial charge in [0.25, 0.3) is 0 Å². The van der Waals surface area contributed by atoms with Gasteiger partial charge in [-0.05, 0) is 44.9 Å². The topological polar surface area (TPSA) is 50.4 Å². The molecule has 1 aromatic carbocycles. The average Bonchev–Trinajstić information content (AvgIpc) is 2.90. The van der Waals surface area contributed by atoms with Crippen LogP contribution in [0.2, 0.25) is 0 Å². The summed E-state index contributed by atoms with van der Waals surface area (Å²) in [6.07, 6.45) is 2.01. The smallest absolute Gasteiger partial charge is 0.237 e. The summed E-state index contributed by atoms with van der Waals surface area (Å²) in [5.74, 6) is 0.973. The highest BCUT2D eigenvalue weighted by Crippen LogP contribution is 2.18. The molecular formula is C15H22N2O2. The van der Waals surface area contributed by atoms with Crippen LogP contribution in [0.25, 0.3) is 0 Å². The number of aryl methyl sites for hydroxylation is 2. The van der Waals surface area contributed by atoms with Crippen molar-refractivity contribution in [1.82, 2.24) is 10.6 Å². The third-order valence-corrected chi connectivity index (χ3v) is 3.37. The number of benzene rings is 1. The maximum atomic E-state index is 11.7. The molecule has 0 unspecified atom stereocenters. The van der Waals surface area contributed by atoms with Gasteiger partial charge in [-0.25, -0.2) is 0 Å². The molecule has 2 rings (SSSR count). The number of rotatable bonds is 5. The summed E-state index contributed by atoms with van der Waals surface area (Å²) in [7, 11) is 0. The zero-order valence-corrected chi connectivity index (χ0v) is 11.7. The molecule has 1 amide bonds. The Morgan fingerprint density at radius 1 is 1.47 bits per heavy atom. The Balaban J connectivity index is 1.70. The Hall–Kier alpha value is -1.55. The van der Waals surface area contributed by atoms with Crippen LogP contribution in [-0.2, 0) is 4.79 Å². The predicted octanol–water partition coefficient (Wildman–Crippen LogP) is 1.55. The number of amides is 1. The van der Waals surface area contributed by atoms with Crippen molar-refractivity contribution < 1.29 is 9.53 Å².